The van der Waals surface area contributed by atoms with Crippen LogP contribution in [-0.2, 0) is 13.1 Å². The van der Waals surface area contributed by atoms with Gasteiger partial charge in [0, 0.05) is 26.2 Å². The summed E-state index contributed by atoms with van der Waals surface area (Å²) >= 11 is 0. The molecule has 140 valence electrons. The molecule has 2 aromatic rings. The van der Waals surface area contributed by atoms with Gasteiger partial charge in [-0.1, -0.05) is 36.4 Å². The van der Waals surface area contributed by atoms with E-state index in [1.807, 2.05) is 4.57 Å². The van der Waals surface area contributed by atoms with Crippen LogP contribution in [0.15, 0.2) is 47.7 Å². The summed E-state index contributed by atoms with van der Waals surface area (Å²) in [5.41, 5.74) is 2.73. The highest BCUT2D eigenvalue weighted by Gasteiger charge is 2.16. The van der Waals surface area contributed by atoms with E-state index in [-0.39, 0.29) is 24.0 Å². The normalized spacial score (nSPS) is 14.6. The Morgan fingerprint density at radius 2 is 2.04 bits per heavy atom. The average molecular weight is 466 g/mol. The van der Waals surface area contributed by atoms with Crippen molar-refractivity contribution in [3.63, 3.8) is 0 Å². The molecule has 26 heavy (non-hydrogen) atoms. The molecule has 1 aliphatic heterocycles. The number of guanidine groups is 1. The van der Waals surface area contributed by atoms with Gasteiger partial charge in [0.05, 0.1) is 0 Å². The number of hydrogen-bond donors (Lipinski definition) is 1. The van der Waals surface area contributed by atoms with Gasteiger partial charge in [0.15, 0.2) is 11.8 Å². The molecule has 3 rings (SSSR count). The van der Waals surface area contributed by atoms with E-state index in [0.29, 0.717) is 6.54 Å². The Hall–Kier alpha value is -1.90. The topological polar surface area (TPSA) is 58.3 Å². The lowest BCUT2D eigenvalue weighted by molar-refractivity contribution is 0.439. The second-order valence-electron chi connectivity index (χ2n) is 5.99. The molecule has 1 N–H and O–H groups in total. The Morgan fingerprint density at radius 1 is 1.23 bits per heavy atom. The largest absolute Gasteiger partial charge is 0.356 e. The van der Waals surface area contributed by atoms with Crippen LogP contribution in [0.5, 0.6) is 0 Å². The van der Waals surface area contributed by atoms with Gasteiger partial charge in [-0.2, -0.15) is 0 Å². The monoisotopic (exact) mass is 466 g/mol. The van der Waals surface area contributed by atoms with Crippen LogP contribution in [0.4, 0.5) is 0 Å². The fraction of sp³-hybridized carbons (Fsp3) is 0.421. The van der Waals surface area contributed by atoms with Crippen molar-refractivity contribution in [3.8, 4) is 0 Å². The van der Waals surface area contributed by atoms with Crippen LogP contribution in [0.3, 0.4) is 0 Å². The molecule has 0 saturated carbocycles. The van der Waals surface area contributed by atoms with E-state index >= 15 is 0 Å². The fourth-order valence-corrected chi connectivity index (χ4v) is 3.01. The first-order chi connectivity index (χ1) is 12.3. The first-order valence-electron chi connectivity index (χ1n) is 8.96. The maximum Gasteiger partial charge on any atom is 0.194 e. The quantitative estimate of drug-likeness (QED) is 0.418. The Labute approximate surface area is 172 Å². The van der Waals surface area contributed by atoms with Crippen molar-refractivity contribution in [1.29, 1.82) is 0 Å². The highest BCUT2D eigenvalue weighted by Crippen LogP contribution is 2.22. The Morgan fingerprint density at radius 3 is 2.69 bits per heavy atom. The maximum absolute atomic E-state index is 4.76. The molecule has 7 heteroatoms. The fourth-order valence-electron chi connectivity index (χ4n) is 3.01. The first kappa shape index (κ1) is 20.4. The van der Waals surface area contributed by atoms with E-state index in [1.54, 1.807) is 6.33 Å². The number of aromatic nitrogens is 3. The zero-order chi connectivity index (χ0) is 17.5. The standard InChI is InChI=1S/C19H26N6.HI/c1-3-20-19(21-14-18-23-22-15-24(18)4-2)25-12-10-17(11-13-25)16-8-6-5-7-9-16;/h5-10,15H,3-4,11-14H2,1-2H3,(H,20,21);1H. The number of aliphatic imine (C=N–C) groups is 1. The molecule has 0 aliphatic carbocycles. The van der Waals surface area contributed by atoms with Crippen molar-refractivity contribution in [2.75, 3.05) is 19.6 Å². The minimum atomic E-state index is 0. The van der Waals surface area contributed by atoms with Crippen LogP contribution in [0, 0.1) is 0 Å². The third kappa shape index (κ3) is 5.06. The molecule has 0 saturated heterocycles. The molecule has 0 spiro atoms. The SMILES string of the molecule is CCNC(=NCc1nncn1CC)N1CC=C(c2ccccc2)CC1.I. The molecule has 1 aliphatic rings. The average Bonchev–Trinajstić information content (AvgIpc) is 3.13. The van der Waals surface area contributed by atoms with Crippen molar-refractivity contribution >= 4 is 35.5 Å². The number of halogens is 1. The third-order valence-electron chi connectivity index (χ3n) is 4.39. The van der Waals surface area contributed by atoms with Gasteiger partial charge >= 0.3 is 0 Å². The maximum atomic E-state index is 4.76. The van der Waals surface area contributed by atoms with Gasteiger partial charge in [0.1, 0.15) is 12.9 Å². The van der Waals surface area contributed by atoms with Crippen molar-refractivity contribution < 1.29 is 0 Å². The highest BCUT2D eigenvalue weighted by atomic mass is 127. The Kier molecular flexibility index (Phi) is 8.08. The molecule has 2 heterocycles. The van der Waals surface area contributed by atoms with E-state index in [0.717, 1.165) is 44.4 Å². The molecule has 0 atom stereocenters. The van der Waals surface area contributed by atoms with Crippen LogP contribution in [0.1, 0.15) is 31.7 Å². The zero-order valence-electron chi connectivity index (χ0n) is 15.4. The van der Waals surface area contributed by atoms with Gasteiger partial charge in [-0.15, -0.1) is 34.2 Å². The summed E-state index contributed by atoms with van der Waals surface area (Å²) in [6, 6.07) is 10.6. The summed E-state index contributed by atoms with van der Waals surface area (Å²) in [5, 5.41) is 11.5. The first-order valence-corrected chi connectivity index (χ1v) is 8.96. The van der Waals surface area contributed by atoms with Gasteiger partial charge in [-0.25, -0.2) is 4.99 Å². The van der Waals surface area contributed by atoms with Gasteiger partial charge in [-0.3, -0.25) is 0 Å². The van der Waals surface area contributed by atoms with Crippen LogP contribution >= 0.6 is 24.0 Å². The molecule has 1 aromatic heterocycles. The molecule has 0 amide bonds. The van der Waals surface area contributed by atoms with E-state index in [2.05, 4.69) is 70.7 Å². The molecule has 0 unspecified atom stereocenters. The number of nitrogens with one attached hydrogen (secondary N) is 1. The van der Waals surface area contributed by atoms with Crippen LogP contribution in [-0.4, -0.2) is 45.3 Å². The van der Waals surface area contributed by atoms with Crippen LogP contribution in [0.2, 0.25) is 0 Å². The molecular formula is C19H27IN6. The molecule has 0 fully saturated rings. The second kappa shape index (κ2) is 10.3. The lowest BCUT2D eigenvalue weighted by Gasteiger charge is -2.29. The van der Waals surface area contributed by atoms with Crippen molar-refractivity contribution in [1.82, 2.24) is 25.0 Å². The summed E-state index contributed by atoms with van der Waals surface area (Å²) in [6.07, 6.45) is 5.09. The smallest absolute Gasteiger partial charge is 0.194 e. The Bertz CT molecular complexity index is 737. The van der Waals surface area contributed by atoms with Crippen LogP contribution in [0.25, 0.3) is 5.57 Å². The third-order valence-corrected chi connectivity index (χ3v) is 4.39. The van der Waals surface area contributed by atoms with Gasteiger partial charge in [-0.05, 0) is 31.4 Å². The number of nitrogens with zero attached hydrogens (tertiary/aromatic N) is 5. The van der Waals surface area contributed by atoms with Crippen molar-refractivity contribution in [3.05, 3.63) is 54.1 Å². The minimum Gasteiger partial charge on any atom is -0.356 e. The summed E-state index contributed by atoms with van der Waals surface area (Å²) in [7, 11) is 0. The number of hydrogen-bond acceptors (Lipinski definition) is 3. The minimum absolute atomic E-state index is 0. The van der Waals surface area contributed by atoms with Gasteiger partial charge in [0.25, 0.3) is 0 Å². The second-order valence-corrected chi connectivity index (χ2v) is 5.99. The molecule has 0 radical (unpaired) electrons. The van der Waals surface area contributed by atoms with Gasteiger partial charge < -0.3 is 14.8 Å². The zero-order valence-corrected chi connectivity index (χ0v) is 17.8. The van der Waals surface area contributed by atoms with Crippen LogP contribution < -0.4 is 5.32 Å². The van der Waals surface area contributed by atoms with E-state index < -0.39 is 0 Å². The summed E-state index contributed by atoms with van der Waals surface area (Å²) < 4.78 is 2.02. The van der Waals surface area contributed by atoms with E-state index in [1.165, 1.54) is 11.1 Å². The van der Waals surface area contributed by atoms with E-state index in [9.17, 15) is 0 Å². The molecule has 0 bridgehead atoms. The van der Waals surface area contributed by atoms with Crippen molar-refractivity contribution in [2.45, 2.75) is 33.4 Å². The highest BCUT2D eigenvalue weighted by molar-refractivity contribution is 14.0. The molecule has 6 nitrogen and oxygen atoms in total. The molecular weight excluding hydrogens is 439 g/mol. The lowest BCUT2D eigenvalue weighted by Crippen LogP contribution is -2.43. The Balaban J connectivity index is 0.00000243. The predicted molar refractivity (Wildman–Crippen MR) is 117 cm³/mol. The van der Waals surface area contributed by atoms with E-state index in [4.69, 9.17) is 4.99 Å². The summed E-state index contributed by atoms with van der Waals surface area (Å²) in [6.45, 7) is 8.28. The predicted octanol–water partition coefficient (Wildman–Crippen LogP) is 3.17. The number of aryl methyl sites for hydroxylation is 1. The van der Waals surface area contributed by atoms with Crippen molar-refractivity contribution in [2.24, 2.45) is 4.99 Å². The number of benzene rings is 1. The lowest BCUT2D eigenvalue weighted by atomic mass is 10.00. The van der Waals surface area contributed by atoms with Gasteiger partial charge in [0.2, 0.25) is 0 Å². The molecule has 1 aromatic carbocycles. The summed E-state index contributed by atoms with van der Waals surface area (Å²) in [4.78, 5) is 7.06. The number of rotatable bonds is 5. The summed E-state index contributed by atoms with van der Waals surface area (Å²) in [5.74, 6) is 1.84.